The molecular formula is C15H20N2O. The Morgan fingerprint density at radius 1 is 1.44 bits per heavy atom. The van der Waals surface area contributed by atoms with E-state index >= 15 is 0 Å². The Labute approximate surface area is 108 Å². The minimum Gasteiger partial charge on any atom is -0.384 e. The number of amides is 1. The van der Waals surface area contributed by atoms with Crippen molar-refractivity contribution in [2.24, 2.45) is 5.41 Å². The molecule has 0 unspecified atom stereocenters. The molecule has 2 aliphatic rings. The summed E-state index contributed by atoms with van der Waals surface area (Å²) in [6, 6.07) is 6.17. The third-order valence-electron chi connectivity index (χ3n) is 4.14. The summed E-state index contributed by atoms with van der Waals surface area (Å²) in [5.41, 5.74) is 3.42. The van der Waals surface area contributed by atoms with Crippen LogP contribution in [0.25, 0.3) is 0 Å². The summed E-state index contributed by atoms with van der Waals surface area (Å²) >= 11 is 0. The second-order valence-electron chi connectivity index (χ2n) is 5.53. The van der Waals surface area contributed by atoms with Gasteiger partial charge in [0, 0.05) is 23.3 Å². The number of hydrogen-bond acceptors (Lipinski definition) is 2. The zero-order valence-corrected chi connectivity index (χ0v) is 10.9. The fraction of sp³-hybridized carbons (Fsp3) is 0.533. The molecule has 3 heteroatoms. The van der Waals surface area contributed by atoms with Crippen molar-refractivity contribution in [1.82, 2.24) is 0 Å². The normalized spacial score (nSPS) is 18.9. The van der Waals surface area contributed by atoms with Crippen molar-refractivity contribution in [1.29, 1.82) is 0 Å². The smallest absolute Gasteiger partial charge is 0.230 e. The van der Waals surface area contributed by atoms with Crippen LogP contribution in [0.4, 0.5) is 11.4 Å². The average Bonchev–Trinajstić information content (AvgIpc) is 3.00. The van der Waals surface area contributed by atoms with Crippen LogP contribution in [-0.2, 0) is 11.2 Å². The summed E-state index contributed by atoms with van der Waals surface area (Å²) in [5, 5.41) is 6.42. The van der Waals surface area contributed by atoms with Gasteiger partial charge < -0.3 is 10.6 Å². The minimum atomic E-state index is -0.0496. The van der Waals surface area contributed by atoms with E-state index in [2.05, 4.69) is 29.7 Å². The van der Waals surface area contributed by atoms with Crippen molar-refractivity contribution < 1.29 is 4.79 Å². The lowest BCUT2D eigenvalue weighted by Gasteiger charge is -2.14. The number of fused-ring (bicyclic) bond motifs is 1. The molecule has 1 heterocycles. The lowest BCUT2D eigenvalue weighted by molar-refractivity contribution is -0.121. The summed E-state index contributed by atoms with van der Waals surface area (Å²) in [7, 11) is 0. The average molecular weight is 244 g/mol. The first-order valence-corrected chi connectivity index (χ1v) is 6.92. The molecule has 0 saturated heterocycles. The van der Waals surface area contributed by atoms with Gasteiger partial charge in [0.05, 0.1) is 0 Å². The van der Waals surface area contributed by atoms with E-state index < -0.39 is 0 Å². The van der Waals surface area contributed by atoms with E-state index in [1.807, 2.05) is 6.07 Å². The van der Waals surface area contributed by atoms with Gasteiger partial charge in [-0.15, -0.1) is 0 Å². The molecule has 1 aromatic carbocycles. The monoisotopic (exact) mass is 244 g/mol. The molecule has 1 aliphatic heterocycles. The van der Waals surface area contributed by atoms with Crippen molar-refractivity contribution in [3.8, 4) is 0 Å². The zero-order chi connectivity index (χ0) is 12.6. The van der Waals surface area contributed by atoms with Gasteiger partial charge in [0.2, 0.25) is 5.91 Å². The van der Waals surface area contributed by atoms with Gasteiger partial charge in [0.25, 0.3) is 0 Å². The molecule has 1 aromatic rings. The van der Waals surface area contributed by atoms with Gasteiger partial charge in [0.15, 0.2) is 0 Å². The van der Waals surface area contributed by atoms with Gasteiger partial charge in [-0.2, -0.15) is 0 Å². The van der Waals surface area contributed by atoms with E-state index in [4.69, 9.17) is 0 Å². The highest BCUT2D eigenvalue weighted by Crippen LogP contribution is 2.50. The first kappa shape index (κ1) is 11.6. The third kappa shape index (κ3) is 1.98. The van der Waals surface area contributed by atoms with Gasteiger partial charge in [-0.05, 0) is 49.4 Å². The minimum absolute atomic E-state index is 0.0496. The second kappa shape index (κ2) is 4.30. The first-order valence-electron chi connectivity index (χ1n) is 6.92. The molecule has 0 atom stereocenters. The molecule has 0 aromatic heterocycles. The number of anilines is 2. The quantitative estimate of drug-likeness (QED) is 0.854. The van der Waals surface area contributed by atoms with Crippen LogP contribution in [0.5, 0.6) is 0 Å². The van der Waals surface area contributed by atoms with Crippen molar-refractivity contribution in [3.63, 3.8) is 0 Å². The molecule has 1 fully saturated rings. The van der Waals surface area contributed by atoms with Crippen molar-refractivity contribution in [2.75, 3.05) is 17.2 Å². The van der Waals surface area contributed by atoms with Crippen LogP contribution in [-0.4, -0.2) is 12.5 Å². The van der Waals surface area contributed by atoms with E-state index in [0.717, 1.165) is 44.3 Å². The van der Waals surface area contributed by atoms with Crippen LogP contribution in [0.1, 0.15) is 38.2 Å². The van der Waals surface area contributed by atoms with Crippen LogP contribution in [0.2, 0.25) is 0 Å². The van der Waals surface area contributed by atoms with E-state index in [9.17, 15) is 4.79 Å². The first-order chi connectivity index (χ1) is 8.73. The SMILES string of the molecule is CCCC1(C(=O)Nc2ccc3c(c2)CCN3)CC1. The van der Waals surface area contributed by atoms with Gasteiger partial charge in [0.1, 0.15) is 0 Å². The maximum atomic E-state index is 12.3. The van der Waals surface area contributed by atoms with Gasteiger partial charge in [-0.3, -0.25) is 4.79 Å². The number of carbonyl (C=O) groups is 1. The fourth-order valence-corrected chi connectivity index (χ4v) is 2.87. The molecule has 0 bridgehead atoms. The molecule has 1 saturated carbocycles. The Morgan fingerprint density at radius 3 is 3.00 bits per heavy atom. The van der Waals surface area contributed by atoms with Gasteiger partial charge in [-0.25, -0.2) is 0 Å². The Kier molecular flexibility index (Phi) is 2.77. The zero-order valence-electron chi connectivity index (χ0n) is 10.9. The van der Waals surface area contributed by atoms with Crippen LogP contribution in [0.3, 0.4) is 0 Å². The Morgan fingerprint density at radius 2 is 2.28 bits per heavy atom. The standard InChI is InChI=1S/C15H20N2O/c1-2-6-15(7-8-15)14(18)17-12-3-4-13-11(10-12)5-9-16-13/h3-4,10,16H,2,5-9H2,1H3,(H,17,18). The van der Waals surface area contributed by atoms with Gasteiger partial charge >= 0.3 is 0 Å². The van der Waals surface area contributed by atoms with E-state index in [-0.39, 0.29) is 11.3 Å². The predicted octanol–water partition coefficient (Wildman–Crippen LogP) is 3.17. The number of benzene rings is 1. The fourth-order valence-electron chi connectivity index (χ4n) is 2.87. The van der Waals surface area contributed by atoms with Crippen LogP contribution in [0.15, 0.2) is 18.2 Å². The van der Waals surface area contributed by atoms with Crippen LogP contribution in [0, 0.1) is 5.41 Å². The molecule has 3 nitrogen and oxygen atoms in total. The molecule has 96 valence electrons. The number of rotatable bonds is 4. The van der Waals surface area contributed by atoms with Crippen LogP contribution < -0.4 is 10.6 Å². The largest absolute Gasteiger partial charge is 0.384 e. The van der Waals surface area contributed by atoms with E-state index in [1.165, 1.54) is 11.3 Å². The Bertz CT molecular complexity index is 477. The number of nitrogens with one attached hydrogen (secondary N) is 2. The van der Waals surface area contributed by atoms with Gasteiger partial charge in [-0.1, -0.05) is 13.3 Å². The topological polar surface area (TPSA) is 41.1 Å². The molecule has 18 heavy (non-hydrogen) atoms. The molecule has 3 rings (SSSR count). The summed E-state index contributed by atoms with van der Waals surface area (Å²) in [6.07, 6.45) is 5.27. The Hall–Kier alpha value is -1.51. The van der Waals surface area contributed by atoms with Crippen LogP contribution >= 0.6 is 0 Å². The summed E-state index contributed by atoms with van der Waals surface area (Å²) in [4.78, 5) is 12.3. The lowest BCUT2D eigenvalue weighted by Crippen LogP contribution is -2.24. The highest BCUT2D eigenvalue weighted by Gasteiger charge is 2.48. The molecule has 2 N–H and O–H groups in total. The Balaban J connectivity index is 1.71. The molecule has 1 aliphatic carbocycles. The highest BCUT2D eigenvalue weighted by molar-refractivity contribution is 5.97. The molecule has 1 amide bonds. The maximum absolute atomic E-state index is 12.3. The second-order valence-corrected chi connectivity index (χ2v) is 5.53. The number of carbonyl (C=O) groups excluding carboxylic acids is 1. The summed E-state index contributed by atoms with van der Waals surface area (Å²) in [5.74, 6) is 0.218. The van der Waals surface area contributed by atoms with E-state index in [1.54, 1.807) is 0 Å². The third-order valence-corrected chi connectivity index (χ3v) is 4.14. The predicted molar refractivity (Wildman–Crippen MR) is 73.8 cm³/mol. The summed E-state index contributed by atoms with van der Waals surface area (Å²) < 4.78 is 0. The molecular weight excluding hydrogens is 224 g/mol. The number of hydrogen-bond donors (Lipinski definition) is 2. The highest BCUT2D eigenvalue weighted by atomic mass is 16.2. The lowest BCUT2D eigenvalue weighted by atomic mass is 9.99. The summed E-state index contributed by atoms with van der Waals surface area (Å²) in [6.45, 7) is 3.15. The van der Waals surface area contributed by atoms with Crippen molar-refractivity contribution in [2.45, 2.75) is 39.0 Å². The molecule has 0 spiro atoms. The van der Waals surface area contributed by atoms with E-state index in [0.29, 0.717) is 0 Å². The molecule has 0 radical (unpaired) electrons. The maximum Gasteiger partial charge on any atom is 0.230 e. The van der Waals surface area contributed by atoms with Crippen molar-refractivity contribution in [3.05, 3.63) is 23.8 Å². The van der Waals surface area contributed by atoms with Crippen molar-refractivity contribution >= 4 is 17.3 Å².